The van der Waals surface area contributed by atoms with Gasteiger partial charge >= 0.3 is 0 Å². The molecule has 0 radical (unpaired) electrons. The number of pyridine rings is 1. The Labute approximate surface area is 133 Å². The van der Waals surface area contributed by atoms with Crippen molar-refractivity contribution in [2.45, 2.75) is 20.4 Å². The van der Waals surface area contributed by atoms with E-state index >= 15 is 0 Å². The van der Waals surface area contributed by atoms with Gasteiger partial charge in [-0.05, 0) is 26.0 Å². The fourth-order valence-corrected chi connectivity index (χ4v) is 2.96. The maximum atomic E-state index is 14.5. The SMILES string of the molecule is CCn1cc(C(C)=O)c(=O)c2cc(F)c(N3CCOCC3)cc21. The molecule has 1 saturated heterocycles. The molecule has 1 aromatic carbocycles. The average molecular weight is 318 g/mol. The lowest BCUT2D eigenvalue weighted by molar-refractivity contribution is 0.101. The molecule has 1 aliphatic rings. The number of nitrogens with zero attached hydrogens (tertiary/aromatic N) is 2. The van der Waals surface area contributed by atoms with Gasteiger partial charge in [0.05, 0.1) is 30.0 Å². The predicted octanol–water partition coefficient (Wildman–Crippen LogP) is 2.20. The van der Waals surface area contributed by atoms with Gasteiger partial charge in [0.25, 0.3) is 0 Å². The third-order valence-electron chi connectivity index (χ3n) is 4.22. The van der Waals surface area contributed by atoms with Crippen LogP contribution in [0.2, 0.25) is 0 Å². The van der Waals surface area contributed by atoms with Crippen LogP contribution in [0.1, 0.15) is 24.2 Å². The van der Waals surface area contributed by atoms with E-state index in [1.165, 1.54) is 13.0 Å². The number of fused-ring (bicyclic) bond motifs is 1. The van der Waals surface area contributed by atoms with E-state index in [0.29, 0.717) is 44.1 Å². The Morgan fingerprint density at radius 3 is 2.61 bits per heavy atom. The molecule has 0 bridgehead atoms. The molecular weight excluding hydrogens is 299 g/mol. The van der Waals surface area contributed by atoms with E-state index in [1.54, 1.807) is 12.3 Å². The predicted molar refractivity (Wildman–Crippen MR) is 86.9 cm³/mol. The highest BCUT2D eigenvalue weighted by atomic mass is 19.1. The third-order valence-corrected chi connectivity index (χ3v) is 4.22. The molecule has 122 valence electrons. The highest BCUT2D eigenvalue weighted by molar-refractivity contribution is 5.97. The first-order valence-corrected chi connectivity index (χ1v) is 7.73. The van der Waals surface area contributed by atoms with Crippen molar-refractivity contribution >= 4 is 22.4 Å². The topological polar surface area (TPSA) is 51.5 Å². The van der Waals surface area contributed by atoms with Crippen molar-refractivity contribution in [3.63, 3.8) is 0 Å². The summed E-state index contributed by atoms with van der Waals surface area (Å²) in [6.07, 6.45) is 1.56. The van der Waals surface area contributed by atoms with Gasteiger partial charge in [0.2, 0.25) is 0 Å². The van der Waals surface area contributed by atoms with Crippen molar-refractivity contribution in [2.75, 3.05) is 31.2 Å². The van der Waals surface area contributed by atoms with Gasteiger partial charge in [-0.1, -0.05) is 0 Å². The van der Waals surface area contributed by atoms with Gasteiger partial charge in [-0.25, -0.2) is 4.39 Å². The van der Waals surface area contributed by atoms with Crippen LogP contribution in [-0.4, -0.2) is 36.7 Å². The average Bonchev–Trinajstić information content (AvgIpc) is 2.55. The molecule has 1 fully saturated rings. The van der Waals surface area contributed by atoms with Crippen LogP contribution in [0.3, 0.4) is 0 Å². The lowest BCUT2D eigenvalue weighted by Gasteiger charge is -2.29. The maximum Gasteiger partial charge on any atom is 0.200 e. The molecule has 0 N–H and O–H groups in total. The molecular formula is C17H19FN2O3. The summed E-state index contributed by atoms with van der Waals surface area (Å²) >= 11 is 0. The van der Waals surface area contributed by atoms with Gasteiger partial charge in [-0.15, -0.1) is 0 Å². The standard InChI is InChI=1S/C17H19FN2O3/c1-3-19-10-13(11(2)21)17(22)12-8-14(18)16(9-15(12)19)20-4-6-23-7-5-20/h8-10H,3-7H2,1-2H3. The molecule has 2 aromatic rings. The molecule has 5 nitrogen and oxygen atoms in total. The number of benzene rings is 1. The number of hydrogen-bond donors (Lipinski definition) is 0. The van der Waals surface area contributed by atoms with E-state index < -0.39 is 11.2 Å². The second-order valence-corrected chi connectivity index (χ2v) is 5.63. The number of hydrogen-bond acceptors (Lipinski definition) is 4. The molecule has 1 aliphatic heterocycles. The number of anilines is 1. The maximum absolute atomic E-state index is 14.5. The molecule has 0 spiro atoms. The van der Waals surface area contributed by atoms with E-state index in [0.717, 1.165) is 0 Å². The Morgan fingerprint density at radius 1 is 1.30 bits per heavy atom. The molecule has 3 rings (SSSR count). The van der Waals surface area contributed by atoms with Gasteiger partial charge in [0.15, 0.2) is 11.2 Å². The van der Waals surface area contributed by atoms with E-state index in [2.05, 4.69) is 0 Å². The minimum atomic E-state index is -0.445. The van der Waals surface area contributed by atoms with Crippen LogP contribution in [0, 0.1) is 5.82 Å². The molecule has 6 heteroatoms. The summed E-state index contributed by atoms with van der Waals surface area (Å²) in [7, 11) is 0. The fourth-order valence-electron chi connectivity index (χ4n) is 2.96. The number of halogens is 1. The molecule has 0 amide bonds. The Morgan fingerprint density at radius 2 is 2.00 bits per heavy atom. The monoisotopic (exact) mass is 318 g/mol. The molecule has 23 heavy (non-hydrogen) atoms. The number of carbonyl (C=O) groups is 1. The Kier molecular flexibility index (Phi) is 4.17. The van der Waals surface area contributed by atoms with Crippen molar-refractivity contribution in [3.05, 3.63) is 39.9 Å². The number of rotatable bonds is 3. The lowest BCUT2D eigenvalue weighted by atomic mass is 10.1. The van der Waals surface area contributed by atoms with E-state index in [-0.39, 0.29) is 16.7 Å². The number of ether oxygens (including phenoxy) is 1. The molecule has 0 saturated carbocycles. The minimum Gasteiger partial charge on any atom is -0.378 e. The van der Waals surface area contributed by atoms with Crippen LogP contribution >= 0.6 is 0 Å². The highest BCUT2D eigenvalue weighted by Crippen LogP contribution is 2.26. The summed E-state index contributed by atoms with van der Waals surface area (Å²) in [5.41, 5.74) is 0.797. The van der Waals surface area contributed by atoms with Crippen LogP contribution in [0.15, 0.2) is 23.1 Å². The van der Waals surface area contributed by atoms with Crippen molar-refractivity contribution in [2.24, 2.45) is 0 Å². The van der Waals surface area contributed by atoms with Crippen molar-refractivity contribution in [3.8, 4) is 0 Å². The second kappa shape index (κ2) is 6.12. The van der Waals surface area contributed by atoms with Crippen molar-refractivity contribution in [1.29, 1.82) is 0 Å². The number of Topliss-reactive ketones (excluding diaryl/α,β-unsaturated/α-hetero) is 1. The molecule has 0 unspecified atom stereocenters. The summed E-state index contributed by atoms with van der Waals surface area (Å²) in [6.45, 7) is 6.20. The first-order valence-electron chi connectivity index (χ1n) is 7.73. The van der Waals surface area contributed by atoms with Crippen LogP contribution < -0.4 is 10.3 Å². The zero-order valence-corrected chi connectivity index (χ0v) is 13.3. The molecule has 0 aliphatic carbocycles. The van der Waals surface area contributed by atoms with E-state index in [4.69, 9.17) is 4.74 Å². The van der Waals surface area contributed by atoms with E-state index in [1.807, 2.05) is 16.4 Å². The molecule has 0 atom stereocenters. The number of carbonyl (C=O) groups excluding carboxylic acids is 1. The summed E-state index contributed by atoms with van der Waals surface area (Å²) < 4.78 is 21.7. The normalized spacial score (nSPS) is 15.2. The number of aromatic nitrogens is 1. The molecule has 2 heterocycles. The quantitative estimate of drug-likeness (QED) is 0.814. The Bertz CT molecular complexity index is 823. The lowest BCUT2D eigenvalue weighted by Crippen LogP contribution is -2.36. The Hall–Kier alpha value is -2.21. The van der Waals surface area contributed by atoms with Crippen molar-refractivity contribution in [1.82, 2.24) is 4.57 Å². The number of ketones is 1. The summed E-state index contributed by atoms with van der Waals surface area (Å²) in [5.74, 6) is -0.753. The zero-order valence-electron chi connectivity index (χ0n) is 13.3. The second-order valence-electron chi connectivity index (χ2n) is 5.63. The van der Waals surface area contributed by atoms with Gasteiger partial charge in [0, 0.05) is 31.2 Å². The first kappa shape index (κ1) is 15.7. The molecule has 1 aromatic heterocycles. The fraction of sp³-hybridized carbons (Fsp3) is 0.412. The van der Waals surface area contributed by atoms with Gasteiger partial charge < -0.3 is 14.2 Å². The largest absolute Gasteiger partial charge is 0.378 e. The smallest absolute Gasteiger partial charge is 0.200 e. The van der Waals surface area contributed by atoms with Gasteiger partial charge in [-0.2, -0.15) is 0 Å². The van der Waals surface area contributed by atoms with Crippen molar-refractivity contribution < 1.29 is 13.9 Å². The number of aryl methyl sites for hydroxylation is 1. The first-order chi connectivity index (χ1) is 11.0. The van der Waals surface area contributed by atoms with Crippen LogP contribution in [-0.2, 0) is 11.3 Å². The highest BCUT2D eigenvalue weighted by Gasteiger charge is 2.19. The zero-order chi connectivity index (χ0) is 16.6. The van der Waals surface area contributed by atoms with Crippen LogP contribution in [0.5, 0.6) is 0 Å². The van der Waals surface area contributed by atoms with Crippen LogP contribution in [0.4, 0.5) is 10.1 Å². The number of morpholine rings is 1. The minimum absolute atomic E-state index is 0.0953. The van der Waals surface area contributed by atoms with Gasteiger partial charge in [0.1, 0.15) is 5.82 Å². The van der Waals surface area contributed by atoms with Crippen LogP contribution in [0.25, 0.3) is 10.9 Å². The van der Waals surface area contributed by atoms with E-state index in [9.17, 15) is 14.0 Å². The summed E-state index contributed by atoms with van der Waals surface area (Å²) in [5, 5.41) is 0.244. The summed E-state index contributed by atoms with van der Waals surface area (Å²) in [6, 6.07) is 2.95. The summed E-state index contributed by atoms with van der Waals surface area (Å²) in [4.78, 5) is 26.0. The van der Waals surface area contributed by atoms with Gasteiger partial charge in [-0.3, -0.25) is 9.59 Å². The third kappa shape index (κ3) is 2.74. The Balaban J connectivity index is 2.24.